The Hall–Kier alpha value is -5.15. The molecule has 5 fully saturated rings. The number of hydrogen-bond donors (Lipinski definition) is 1. The number of alkyl halides is 3. The molecule has 4 saturated heterocycles. The van der Waals surface area contributed by atoms with Crippen LogP contribution in [0.5, 0.6) is 0 Å². The molecule has 14 nitrogen and oxygen atoms in total. The lowest BCUT2D eigenvalue weighted by molar-refractivity contribution is -0.141. The number of rotatable bonds is 13. The Kier molecular flexibility index (Phi) is 51.1. The van der Waals surface area contributed by atoms with E-state index in [2.05, 4.69) is 254 Å². The number of piperazine rings is 1. The Morgan fingerprint density at radius 3 is 1.37 bits per heavy atom. The Bertz CT molecular complexity index is 3200. The van der Waals surface area contributed by atoms with Crippen molar-refractivity contribution in [1.82, 2.24) is 49.1 Å². The van der Waals surface area contributed by atoms with E-state index in [1.807, 2.05) is 74.1 Å². The fourth-order valence-electron chi connectivity index (χ4n) is 13.7. The summed E-state index contributed by atoms with van der Waals surface area (Å²) in [6.07, 6.45) is 13.3. The number of nitrogens with zero attached hydrogens (tertiary/aromatic N) is 9. The Balaban J connectivity index is 0.000000611. The van der Waals surface area contributed by atoms with Crippen molar-refractivity contribution in [3.63, 3.8) is 0 Å². The van der Waals surface area contributed by atoms with Gasteiger partial charge in [-0.1, -0.05) is 170 Å². The molecule has 1 N–H and O–H groups in total. The first-order valence-corrected chi connectivity index (χ1v) is 43.5. The fourth-order valence-corrected chi connectivity index (χ4v) is 15.3. The number of H-pyrrole nitrogens is 1. The van der Waals surface area contributed by atoms with Crippen LogP contribution in [0.25, 0.3) is 0 Å². The van der Waals surface area contributed by atoms with Crippen LogP contribution in [0.4, 0.5) is 13.2 Å². The number of piperidine rings is 1. The number of aromatic amines is 1. The highest BCUT2D eigenvalue weighted by molar-refractivity contribution is 7.89. The molecular weight excluding hydrogens is 1420 g/mol. The minimum Gasteiger partial charge on any atom is -0.379 e. The van der Waals surface area contributed by atoms with Crippen LogP contribution in [0, 0.1) is 26.7 Å². The molecule has 1 saturated carbocycles. The van der Waals surface area contributed by atoms with E-state index in [9.17, 15) is 21.6 Å². The maximum absolute atomic E-state index is 12.2. The second-order valence-electron chi connectivity index (χ2n) is 32.4. The van der Waals surface area contributed by atoms with Crippen LogP contribution in [0.15, 0.2) is 116 Å². The number of likely N-dealkylation sites (tertiary alicyclic amines) is 1. The summed E-state index contributed by atoms with van der Waals surface area (Å²) >= 11 is 5.92. The third-order valence-electron chi connectivity index (χ3n) is 20.3. The van der Waals surface area contributed by atoms with Gasteiger partial charge in [-0.2, -0.15) is 22.6 Å². The van der Waals surface area contributed by atoms with Gasteiger partial charge in [-0.3, -0.25) is 39.7 Å². The average Bonchev–Trinajstić information content (AvgIpc) is 1.41. The van der Waals surface area contributed by atoms with E-state index in [0.29, 0.717) is 72.9 Å². The van der Waals surface area contributed by atoms with Gasteiger partial charge in [-0.15, -0.1) is 0 Å². The lowest BCUT2D eigenvalue weighted by atomic mass is 9.99. The predicted octanol–water partition coefficient (Wildman–Crippen LogP) is 23.0. The van der Waals surface area contributed by atoms with Crippen molar-refractivity contribution in [2.45, 2.75) is 323 Å². The van der Waals surface area contributed by atoms with Gasteiger partial charge in [0.05, 0.1) is 38.4 Å². The standard InChI is InChI=1S/C10H22N2O2S.C10H19NO.C10H14.C9H11Cl.C9H13N.C9H19N.C9H13N.C8H17NO.C8H11N.C7H9F3N2.C2H6/c1-5-15(13,14)11-6-7-12(9(2)3)10(4)8-11;1-8(2)11-5-6-12-7-10(11)9-3-4-9;1-8(2)10-7-5-4-6-9(10)3;1-7(2)8-5-3-4-6-9(8)10;1-7(2)9-6-10-5-4-8(9)3;1-8(2)10-7-5-4-6-9(10)3;1-7(2)9-5-4-6-10-8(9)3;1-7(2)9-4-5-10-6-8(9)3;1-7(2)8-4-3-5-9-6-8;1-4(2)5-3-11-12-6(5)7(8,9)10;1-2/h9-10H,5-8H2,1-4H3;8-10H,3-7H2,1-2H3;4-8H,1-3H3;3-7H,1-2H3;4-7H,1-3H3;8-9H,4-7H2,1-3H3;4-7H,1-3H3;7-8H,4-6H2,1-3H3;3-7H,1-2H3;3-4H,1-2H3,(H,11,12);1-2H3. The van der Waals surface area contributed by atoms with E-state index in [4.69, 9.17) is 21.1 Å². The van der Waals surface area contributed by atoms with E-state index in [1.165, 1.54) is 83.8 Å². The first kappa shape index (κ1) is 103. The molecule has 19 heteroatoms. The number of pyridine rings is 3. The van der Waals surface area contributed by atoms with Crippen LogP contribution in [-0.2, 0) is 25.7 Å². The predicted molar refractivity (Wildman–Crippen MR) is 463 cm³/mol. The SMILES string of the molecule is CC.CC(C)N1CCCCC1C.CC(C)N1CCOCC1C.CC(C)N1CCOCC1C1CC1.CC(C)c1ccccc1Cl.CC(C)c1cccnc1.CC(C)c1cn[nH]c1C(F)(F)F.CCS(=O)(=O)N1CCN(C(C)C)C(C)C1.Cc1ccccc1C(C)C.Cc1ccncc1C(C)C.Cc1ncccc1C(C)C. The summed E-state index contributed by atoms with van der Waals surface area (Å²) in [5, 5.41) is 6.19. The Morgan fingerprint density at radius 2 is 0.991 bits per heavy atom. The first-order chi connectivity index (χ1) is 51.7. The van der Waals surface area contributed by atoms with E-state index in [-0.39, 0.29) is 17.2 Å². The molecule has 4 aliphatic heterocycles. The van der Waals surface area contributed by atoms with E-state index in [0.717, 1.165) is 80.8 Å². The number of nitrogens with one attached hydrogen (secondary N) is 1. The summed E-state index contributed by atoms with van der Waals surface area (Å²) in [6.45, 7) is 71.2. The quantitative estimate of drug-likeness (QED) is 0.118. The Labute approximate surface area is 675 Å². The van der Waals surface area contributed by atoms with E-state index >= 15 is 0 Å². The molecule has 5 aliphatic rings. The molecule has 626 valence electrons. The number of aromatic nitrogens is 5. The molecule has 110 heavy (non-hydrogen) atoms. The number of sulfonamides is 1. The maximum atomic E-state index is 12.2. The smallest absolute Gasteiger partial charge is 0.379 e. The van der Waals surface area contributed by atoms with Crippen molar-refractivity contribution < 1.29 is 31.1 Å². The fraction of sp³-hybridized carbons (Fsp3) is 0.670. The Morgan fingerprint density at radius 1 is 0.500 bits per heavy atom. The molecule has 2 aromatic carbocycles. The lowest BCUT2D eigenvalue weighted by Crippen LogP contribution is -2.55. The third kappa shape index (κ3) is 39.3. The molecule has 1 aliphatic carbocycles. The van der Waals surface area contributed by atoms with Gasteiger partial charge < -0.3 is 9.47 Å². The molecule has 0 bridgehead atoms. The van der Waals surface area contributed by atoms with Gasteiger partial charge in [0.25, 0.3) is 0 Å². The van der Waals surface area contributed by atoms with Crippen LogP contribution >= 0.6 is 11.6 Å². The minimum atomic E-state index is -4.32. The number of benzene rings is 2. The zero-order valence-corrected chi connectivity index (χ0v) is 75.6. The highest BCUT2D eigenvalue weighted by atomic mass is 35.5. The number of morpholine rings is 2. The molecule has 0 spiro atoms. The number of ether oxygens (including phenoxy) is 2. The van der Waals surface area contributed by atoms with Crippen LogP contribution in [0.2, 0.25) is 5.02 Å². The number of aryl methyl sites for hydroxylation is 3. The average molecular weight is 1580 g/mol. The molecule has 11 rings (SSSR count). The molecule has 0 radical (unpaired) electrons. The summed E-state index contributed by atoms with van der Waals surface area (Å²) in [7, 11) is -3.00. The zero-order valence-electron chi connectivity index (χ0n) is 74.0. The summed E-state index contributed by atoms with van der Waals surface area (Å²) in [5.41, 5.74) is 10.1. The molecular formula is C91H154ClF3N10O4S. The second kappa shape index (κ2) is 54.6. The van der Waals surface area contributed by atoms with Gasteiger partial charge in [-0.05, 0) is 241 Å². The van der Waals surface area contributed by atoms with Crippen LogP contribution in [0.3, 0.4) is 0 Å². The molecule has 4 aromatic heterocycles. The van der Waals surface area contributed by atoms with Gasteiger partial charge >= 0.3 is 6.18 Å². The number of halogens is 4. The summed E-state index contributed by atoms with van der Waals surface area (Å²) < 4.78 is 72.3. The van der Waals surface area contributed by atoms with Crippen LogP contribution < -0.4 is 0 Å². The highest BCUT2D eigenvalue weighted by Crippen LogP contribution is 2.37. The molecule has 6 aromatic rings. The van der Waals surface area contributed by atoms with Crippen molar-refractivity contribution in [2.75, 3.05) is 71.4 Å². The minimum absolute atomic E-state index is 0.166. The summed E-state index contributed by atoms with van der Waals surface area (Å²) in [6, 6.07) is 31.8. The maximum Gasteiger partial charge on any atom is 0.433 e. The van der Waals surface area contributed by atoms with E-state index < -0.39 is 21.9 Å². The van der Waals surface area contributed by atoms with Crippen LogP contribution in [0.1, 0.15) is 304 Å². The van der Waals surface area contributed by atoms with Crippen molar-refractivity contribution in [2.24, 2.45) is 5.92 Å². The van der Waals surface area contributed by atoms with Crippen molar-refractivity contribution >= 4 is 21.6 Å². The van der Waals surface area contributed by atoms with Gasteiger partial charge in [-0.25, -0.2) is 8.42 Å². The molecule has 8 heterocycles. The third-order valence-corrected chi connectivity index (χ3v) is 22.5. The normalized spacial score (nSPS) is 18.5. The molecule has 4 atom stereocenters. The first-order valence-electron chi connectivity index (χ1n) is 41.5. The topological polar surface area (TPSA) is 136 Å². The van der Waals surface area contributed by atoms with Gasteiger partial charge in [0, 0.05) is 128 Å². The lowest BCUT2D eigenvalue weighted by Gasteiger charge is -2.41. The van der Waals surface area contributed by atoms with E-state index in [1.54, 1.807) is 31.3 Å². The van der Waals surface area contributed by atoms with Crippen LogP contribution in [-0.4, -0.2) is 177 Å². The molecule has 4 unspecified atom stereocenters. The highest BCUT2D eigenvalue weighted by Gasteiger charge is 2.38. The molecule has 0 amide bonds. The number of hydrogen-bond acceptors (Lipinski definition) is 12. The van der Waals surface area contributed by atoms with Crippen molar-refractivity contribution in [3.05, 3.63) is 177 Å². The van der Waals surface area contributed by atoms with Gasteiger partial charge in [0.2, 0.25) is 10.0 Å². The monoisotopic (exact) mass is 1580 g/mol. The summed E-state index contributed by atoms with van der Waals surface area (Å²) in [5.74, 6) is 3.95. The van der Waals surface area contributed by atoms with Crippen molar-refractivity contribution in [3.8, 4) is 0 Å². The largest absolute Gasteiger partial charge is 0.433 e. The van der Waals surface area contributed by atoms with Gasteiger partial charge in [0.1, 0.15) is 5.69 Å². The van der Waals surface area contributed by atoms with Crippen molar-refractivity contribution in [1.29, 1.82) is 0 Å². The van der Waals surface area contributed by atoms with Gasteiger partial charge in [0.15, 0.2) is 0 Å². The second-order valence-corrected chi connectivity index (χ2v) is 35.0. The zero-order chi connectivity index (χ0) is 83.6. The summed E-state index contributed by atoms with van der Waals surface area (Å²) in [4.78, 5) is 22.3.